The average molecular weight is 442 g/mol. The van der Waals surface area contributed by atoms with Crippen molar-refractivity contribution in [1.82, 2.24) is 0 Å². The standard InChI is InChI=1S/C18H11N4O8P/c23-19(24)13-8-4-10-15(17(13)21(27)28)31(12-6-2-1-3-7-12)16-11-5-9-14(20(25)26)18(16)22(29)30/h1-11H. The maximum absolute atomic E-state index is 11.8. The minimum atomic E-state index is -2.13. The predicted molar refractivity (Wildman–Crippen MR) is 112 cm³/mol. The second-order valence-corrected chi connectivity index (χ2v) is 8.14. The van der Waals surface area contributed by atoms with Crippen molar-refractivity contribution in [1.29, 1.82) is 0 Å². The van der Waals surface area contributed by atoms with E-state index in [2.05, 4.69) is 0 Å². The largest absolute Gasteiger partial charge is 0.354 e. The van der Waals surface area contributed by atoms with Crippen LogP contribution in [0.1, 0.15) is 0 Å². The molecule has 3 aromatic carbocycles. The van der Waals surface area contributed by atoms with Crippen molar-refractivity contribution in [2.75, 3.05) is 0 Å². The third kappa shape index (κ3) is 4.05. The van der Waals surface area contributed by atoms with Crippen molar-refractivity contribution in [2.24, 2.45) is 0 Å². The molecule has 0 radical (unpaired) electrons. The van der Waals surface area contributed by atoms with Gasteiger partial charge in [-0.15, -0.1) is 0 Å². The Balaban J connectivity index is 2.46. The number of nitro benzene ring substituents is 4. The van der Waals surface area contributed by atoms with Crippen LogP contribution < -0.4 is 15.9 Å². The van der Waals surface area contributed by atoms with E-state index in [0.29, 0.717) is 5.30 Å². The molecule has 0 aliphatic carbocycles. The summed E-state index contributed by atoms with van der Waals surface area (Å²) in [6, 6.07) is 14.9. The molecule has 0 spiro atoms. The highest BCUT2D eigenvalue weighted by molar-refractivity contribution is 7.80. The number of para-hydroxylation sites is 2. The van der Waals surface area contributed by atoms with Gasteiger partial charge in [-0.05, 0) is 17.4 Å². The molecule has 3 rings (SSSR count). The predicted octanol–water partition coefficient (Wildman–Crippen LogP) is 3.08. The van der Waals surface area contributed by atoms with Crippen LogP contribution in [0, 0.1) is 40.5 Å². The van der Waals surface area contributed by atoms with E-state index in [1.165, 1.54) is 24.3 Å². The molecular formula is C18H11N4O8P. The fourth-order valence-corrected chi connectivity index (χ4v) is 5.63. The second kappa shape index (κ2) is 8.59. The molecule has 31 heavy (non-hydrogen) atoms. The van der Waals surface area contributed by atoms with Gasteiger partial charge < -0.3 is 0 Å². The third-order valence-electron chi connectivity index (χ3n) is 4.24. The van der Waals surface area contributed by atoms with Gasteiger partial charge in [0.2, 0.25) is 0 Å². The van der Waals surface area contributed by atoms with E-state index in [4.69, 9.17) is 0 Å². The normalized spacial score (nSPS) is 10.6. The van der Waals surface area contributed by atoms with Crippen LogP contribution in [0.15, 0.2) is 66.7 Å². The highest BCUT2D eigenvalue weighted by atomic mass is 31.1. The van der Waals surface area contributed by atoms with Crippen molar-refractivity contribution in [3.05, 3.63) is 107 Å². The molecule has 0 atom stereocenters. The molecule has 0 saturated heterocycles. The Morgan fingerprint density at radius 2 is 0.935 bits per heavy atom. The van der Waals surface area contributed by atoms with Crippen LogP contribution in [0.4, 0.5) is 22.7 Å². The van der Waals surface area contributed by atoms with E-state index in [-0.39, 0.29) is 10.6 Å². The van der Waals surface area contributed by atoms with Gasteiger partial charge in [0.05, 0.1) is 30.3 Å². The van der Waals surface area contributed by atoms with Gasteiger partial charge in [0, 0.05) is 20.1 Å². The first-order chi connectivity index (χ1) is 14.7. The molecule has 0 aromatic heterocycles. The second-order valence-electron chi connectivity index (χ2n) is 5.99. The summed E-state index contributed by atoms with van der Waals surface area (Å²) in [4.78, 5) is 42.7. The zero-order chi connectivity index (χ0) is 22.7. The van der Waals surface area contributed by atoms with Crippen LogP contribution in [0.2, 0.25) is 0 Å². The number of benzene rings is 3. The van der Waals surface area contributed by atoms with Crippen molar-refractivity contribution in [2.45, 2.75) is 0 Å². The molecule has 0 bridgehead atoms. The number of hydrogen-bond donors (Lipinski definition) is 0. The van der Waals surface area contributed by atoms with E-state index < -0.39 is 50.4 Å². The monoisotopic (exact) mass is 442 g/mol. The Bertz CT molecular complexity index is 1140. The van der Waals surface area contributed by atoms with E-state index in [1.54, 1.807) is 30.3 Å². The highest BCUT2D eigenvalue weighted by Crippen LogP contribution is 2.43. The molecule has 156 valence electrons. The SMILES string of the molecule is O=[N+]([O-])c1cccc(P(c2ccccc2)c2cccc([N+](=O)[O-])c2[N+](=O)[O-])c1[N+](=O)[O-]. The minimum Gasteiger partial charge on any atom is -0.258 e. The molecule has 0 N–H and O–H groups in total. The molecule has 0 saturated carbocycles. The fraction of sp³-hybridized carbons (Fsp3) is 0. The summed E-state index contributed by atoms with van der Waals surface area (Å²) < 4.78 is 0. The zero-order valence-corrected chi connectivity index (χ0v) is 16.2. The van der Waals surface area contributed by atoms with Crippen molar-refractivity contribution >= 4 is 46.6 Å². The number of nitrogens with zero attached hydrogens (tertiary/aromatic N) is 4. The van der Waals surface area contributed by atoms with Gasteiger partial charge in [-0.25, -0.2) is 0 Å². The summed E-state index contributed by atoms with van der Waals surface area (Å²) in [5.41, 5.74) is -3.19. The topological polar surface area (TPSA) is 173 Å². The van der Waals surface area contributed by atoms with Crippen LogP contribution >= 0.6 is 7.92 Å². The maximum atomic E-state index is 11.8. The van der Waals surface area contributed by atoms with E-state index in [0.717, 1.165) is 12.1 Å². The van der Waals surface area contributed by atoms with Crippen LogP contribution in [-0.2, 0) is 0 Å². The molecule has 0 heterocycles. The molecule has 0 aliphatic heterocycles. The number of nitro groups is 4. The molecule has 0 amide bonds. The lowest BCUT2D eigenvalue weighted by Crippen LogP contribution is -2.25. The van der Waals surface area contributed by atoms with Crippen molar-refractivity contribution < 1.29 is 19.7 Å². The third-order valence-corrected chi connectivity index (χ3v) is 6.74. The molecule has 0 aliphatic rings. The van der Waals surface area contributed by atoms with Gasteiger partial charge in [-0.2, -0.15) is 0 Å². The van der Waals surface area contributed by atoms with Gasteiger partial charge in [0.25, 0.3) is 0 Å². The van der Waals surface area contributed by atoms with Crippen LogP contribution in [0.5, 0.6) is 0 Å². The fourth-order valence-electron chi connectivity index (χ4n) is 3.05. The highest BCUT2D eigenvalue weighted by Gasteiger charge is 2.38. The summed E-state index contributed by atoms with van der Waals surface area (Å²) in [6.07, 6.45) is 0. The Hall–Kier alpha value is -4.31. The van der Waals surface area contributed by atoms with Gasteiger partial charge in [0.1, 0.15) is 0 Å². The maximum Gasteiger partial charge on any atom is 0.354 e. The van der Waals surface area contributed by atoms with E-state index in [9.17, 15) is 40.5 Å². The molecule has 0 fully saturated rings. The van der Waals surface area contributed by atoms with Gasteiger partial charge in [0.15, 0.2) is 0 Å². The molecule has 3 aromatic rings. The van der Waals surface area contributed by atoms with Gasteiger partial charge in [-0.3, -0.25) is 40.5 Å². The van der Waals surface area contributed by atoms with E-state index >= 15 is 0 Å². The Kier molecular flexibility index (Phi) is 5.93. The molecule has 12 nitrogen and oxygen atoms in total. The summed E-state index contributed by atoms with van der Waals surface area (Å²) in [5, 5.41) is 46.5. The first-order valence-electron chi connectivity index (χ1n) is 8.42. The Labute approximate surface area is 174 Å². The Morgan fingerprint density at radius 1 is 0.516 bits per heavy atom. The van der Waals surface area contributed by atoms with Crippen LogP contribution in [0.25, 0.3) is 0 Å². The number of rotatable bonds is 7. The zero-order valence-electron chi connectivity index (χ0n) is 15.4. The van der Waals surface area contributed by atoms with Gasteiger partial charge in [-0.1, -0.05) is 42.5 Å². The lowest BCUT2D eigenvalue weighted by atomic mass is 10.2. The first kappa shape index (κ1) is 21.4. The molecular weight excluding hydrogens is 431 g/mol. The molecule has 13 heteroatoms. The van der Waals surface area contributed by atoms with Crippen molar-refractivity contribution in [3.63, 3.8) is 0 Å². The minimum absolute atomic E-state index is 0.135. The Morgan fingerprint density at radius 3 is 1.29 bits per heavy atom. The van der Waals surface area contributed by atoms with Crippen molar-refractivity contribution in [3.8, 4) is 0 Å². The first-order valence-corrected chi connectivity index (χ1v) is 9.77. The van der Waals surface area contributed by atoms with Crippen LogP contribution in [0.3, 0.4) is 0 Å². The van der Waals surface area contributed by atoms with E-state index in [1.807, 2.05) is 0 Å². The summed E-state index contributed by atoms with van der Waals surface area (Å²) in [6.45, 7) is 0. The average Bonchev–Trinajstić information content (AvgIpc) is 2.74. The lowest BCUT2D eigenvalue weighted by molar-refractivity contribution is -0.421. The lowest BCUT2D eigenvalue weighted by Gasteiger charge is -2.18. The summed E-state index contributed by atoms with van der Waals surface area (Å²) in [7, 11) is -2.13. The quantitative estimate of drug-likeness (QED) is 0.305. The molecule has 0 unspecified atom stereocenters. The van der Waals surface area contributed by atoms with Crippen LogP contribution in [-0.4, -0.2) is 19.7 Å². The number of hydrogen-bond acceptors (Lipinski definition) is 8. The summed E-state index contributed by atoms with van der Waals surface area (Å²) >= 11 is 0. The van der Waals surface area contributed by atoms with Gasteiger partial charge >= 0.3 is 22.7 Å². The smallest absolute Gasteiger partial charge is 0.258 e. The summed E-state index contributed by atoms with van der Waals surface area (Å²) in [5.74, 6) is 0.